The van der Waals surface area contributed by atoms with Gasteiger partial charge in [-0.1, -0.05) is 0 Å². The summed E-state index contributed by atoms with van der Waals surface area (Å²) in [5.74, 6) is -0.827. The predicted octanol–water partition coefficient (Wildman–Crippen LogP) is 1.50. The number of methoxy groups -OCH3 is 2. The maximum absolute atomic E-state index is 10.7. The third-order valence-electron chi connectivity index (χ3n) is 2.65. The molecule has 1 rings (SSSR count). The first kappa shape index (κ1) is 15.7. The quantitative estimate of drug-likeness (QED) is 0.549. The van der Waals surface area contributed by atoms with Crippen molar-refractivity contribution in [1.82, 2.24) is 0 Å². The lowest BCUT2D eigenvalue weighted by molar-refractivity contribution is -0.385. The molecule has 0 aliphatic carbocycles. The number of nitro benzene ring substituents is 1. The molecule has 20 heavy (non-hydrogen) atoms. The summed E-state index contributed by atoms with van der Waals surface area (Å²) in [6.07, 6.45) is -0.623. The third-order valence-corrected chi connectivity index (χ3v) is 2.65. The number of hydrogen-bond acceptors (Lipinski definition) is 6. The Hall–Kier alpha value is -2.35. The van der Waals surface area contributed by atoms with Crippen LogP contribution < -0.4 is 10.1 Å². The van der Waals surface area contributed by atoms with E-state index in [0.29, 0.717) is 5.69 Å². The van der Waals surface area contributed by atoms with Crippen LogP contribution in [0.4, 0.5) is 11.4 Å². The van der Waals surface area contributed by atoms with Crippen LogP contribution in [0.15, 0.2) is 18.2 Å². The van der Waals surface area contributed by atoms with Crippen molar-refractivity contribution >= 4 is 17.3 Å². The summed E-state index contributed by atoms with van der Waals surface area (Å²) >= 11 is 0. The van der Waals surface area contributed by atoms with Crippen molar-refractivity contribution in [2.45, 2.75) is 12.5 Å². The second-order valence-electron chi connectivity index (χ2n) is 3.98. The average Bonchev–Trinajstić information content (AvgIpc) is 2.42. The summed E-state index contributed by atoms with van der Waals surface area (Å²) in [5, 5.41) is 22.4. The zero-order valence-electron chi connectivity index (χ0n) is 11.2. The Morgan fingerprint density at radius 1 is 1.50 bits per heavy atom. The number of nitrogens with one attached hydrogen (secondary N) is 1. The van der Waals surface area contributed by atoms with Gasteiger partial charge in [0.25, 0.3) is 0 Å². The number of hydrogen-bond donors (Lipinski definition) is 2. The summed E-state index contributed by atoms with van der Waals surface area (Å²) in [6.45, 7) is 0.268. The fourth-order valence-electron chi connectivity index (χ4n) is 1.60. The minimum Gasteiger partial charge on any atom is -0.490 e. The first-order valence-electron chi connectivity index (χ1n) is 5.78. The number of rotatable bonds is 8. The highest BCUT2D eigenvalue weighted by molar-refractivity contribution is 5.67. The van der Waals surface area contributed by atoms with Crippen molar-refractivity contribution in [3.05, 3.63) is 28.3 Å². The first-order valence-corrected chi connectivity index (χ1v) is 5.78. The molecule has 0 saturated carbocycles. The van der Waals surface area contributed by atoms with Gasteiger partial charge in [0.05, 0.1) is 24.6 Å². The van der Waals surface area contributed by atoms with Crippen LogP contribution in [0.2, 0.25) is 0 Å². The molecule has 0 heterocycles. The van der Waals surface area contributed by atoms with Crippen LogP contribution in [-0.2, 0) is 9.53 Å². The van der Waals surface area contributed by atoms with E-state index in [0.717, 1.165) is 0 Å². The van der Waals surface area contributed by atoms with Crippen LogP contribution in [0.3, 0.4) is 0 Å². The molecule has 110 valence electrons. The minimum absolute atomic E-state index is 0.131. The largest absolute Gasteiger partial charge is 0.490 e. The van der Waals surface area contributed by atoms with Crippen molar-refractivity contribution in [3.63, 3.8) is 0 Å². The number of ether oxygens (including phenoxy) is 2. The molecule has 0 amide bonds. The van der Waals surface area contributed by atoms with Gasteiger partial charge < -0.3 is 19.9 Å². The Kier molecular flexibility index (Phi) is 5.73. The smallest absolute Gasteiger partial charge is 0.311 e. The van der Waals surface area contributed by atoms with E-state index < -0.39 is 17.0 Å². The molecule has 8 heteroatoms. The van der Waals surface area contributed by atoms with Gasteiger partial charge in [0.1, 0.15) is 0 Å². The maximum Gasteiger partial charge on any atom is 0.311 e. The van der Waals surface area contributed by atoms with Crippen LogP contribution in [0, 0.1) is 10.1 Å². The van der Waals surface area contributed by atoms with Gasteiger partial charge in [-0.2, -0.15) is 0 Å². The number of aliphatic carboxylic acids is 1. The molecule has 1 aromatic carbocycles. The molecular formula is C12H16N2O6. The monoisotopic (exact) mass is 284 g/mol. The van der Waals surface area contributed by atoms with E-state index in [1.54, 1.807) is 0 Å². The standard InChI is InChI=1S/C12H16N2O6/c1-19-9(6-12(15)16)7-13-8-3-4-10(14(17)18)11(5-8)20-2/h3-5,9,13H,6-7H2,1-2H3,(H,15,16). The van der Waals surface area contributed by atoms with Gasteiger partial charge in [0.15, 0.2) is 5.75 Å². The second kappa shape index (κ2) is 7.29. The van der Waals surface area contributed by atoms with Gasteiger partial charge in [0, 0.05) is 31.5 Å². The Bertz CT molecular complexity index is 491. The van der Waals surface area contributed by atoms with Gasteiger partial charge in [-0.05, 0) is 6.07 Å². The van der Waals surface area contributed by atoms with Crippen molar-refractivity contribution in [2.75, 3.05) is 26.1 Å². The molecule has 0 bridgehead atoms. The molecule has 1 unspecified atom stereocenters. The number of carboxylic acids is 1. The van der Waals surface area contributed by atoms with E-state index in [2.05, 4.69) is 5.32 Å². The van der Waals surface area contributed by atoms with Gasteiger partial charge in [0.2, 0.25) is 0 Å². The second-order valence-corrected chi connectivity index (χ2v) is 3.98. The number of carboxylic acid groups (broad SMARTS) is 1. The molecule has 0 aliphatic rings. The van der Waals surface area contributed by atoms with Crippen molar-refractivity contribution in [2.24, 2.45) is 0 Å². The molecule has 0 aromatic heterocycles. The summed E-state index contributed by atoms with van der Waals surface area (Å²) < 4.78 is 9.96. The lowest BCUT2D eigenvalue weighted by atomic mass is 10.2. The minimum atomic E-state index is -0.958. The fraction of sp³-hybridized carbons (Fsp3) is 0.417. The normalized spacial score (nSPS) is 11.7. The van der Waals surface area contributed by atoms with Gasteiger partial charge in [-0.3, -0.25) is 14.9 Å². The molecule has 2 N–H and O–H groups in total. The van der Waals surface area contributed by atoms with Crippen LogP contribution in [0.25, 0.3) is 0 Å². The first-order chi connectivity index (χ1) is 9.47. The number of carbonyl (C=O) groups is 1. The van der Waals surface area contributed by atoms with Gasteiger partial charge in [-0.15, -0.1) is 0 Å². The van der Waals surface area contributed by atoms with Crippen molar-refractivity contribution in [3.8, 4) is 5.75 Å². The number of benzene rings is 1. The number of nitro groups is 1. The van der Waals surface area contributed by atoms with Crippen molar-refractivity contribution < 1.29 is 24.3 Å². The summed E-state index contributed by atoms with van der Waals surface area (Å²) in [5.41, 5.74) is 0.451. The van der Waals surface area contributed by atoms with Crippen LogP contribution in [-0.4, -0.2) is 42.9 Å². The number of anilines is 1. The number of nitrogens with zero attached hydrogens (tertiary/aromatic N) is 1. The van der Waals surface area contributed by atoms with E-state index in [9.17, 15) is 14.9 Å². The Labute approximate surface area is 115 Å². The van der Waals surface area contributed by atoms with Gasteiger partial charge in [-0.25, -0.2) is 0 Å². The van der Waals surface area contributed by atoms with E-state index in [1.807, 2.05) is 0 Å². The van der Waals surface area contributed by atoms with Crippen LogP contribution >= 0.6 is 0 Å². The predicted molar refractivity (Wildman–Crippen MR) is 71.2 cm³/mol. The zero-order valence-corrected chi connectivity index (χ0v) is 11.2. The van der Waals surface area contributed by atoms with Crippen LogP contribution in [0.5, 0.6) is 5.75 Å². The Balaban J connectivity index is 2.73. The Morgan fingerprint density at radius 3 is 2.70 bits per heavy atom. The summed E-state index contributed by atoms with van der Waals surface area (Å²) in [4.78, 5) is 20.8. The zero-order chi connectivity index (χ0) is 15.1. The lowest BCUT2D eigenvalue weighted by Crippen LogP contribution is -2.25. The maximum atomic E-state index is 10.7. The molecule has 8 nitrogen and oxygen atoms in total. The van der Waals surface area contributed by atoms with E-state index >= 15 is 0 Å². The molecule has 0 aliphatic heterocycles. The highest BCUT2D eigenvalue weighted by atomic mass is 16.6. The fourth-order valence-corrected chi connectivity index (χ4v) is 1.60. The highest BCUT2D eigenvalue weighted by Gasteiger charge is 2.16. The molecule has 0 spiro atoms. The molecule has 0 radical (unpaired) electrons. The topological polar surface area (TPSA) is 111 Å². The molecular weight excluding hydrogens is 268 g/mol. The third kappa shape index (κ3) is 4.39. The molecule has 1 aromatic rings. The highest BCUT2D eigenvalue weighted by Crippen LogP contribution is 2.29. The Morgan fingerprint density at radius 2 is 2.20 bits per heavy atom. The van der Waals surface area contributed by atoms with Crippen LogP contribution in [0.1, 0.15) is 6.42 Å². The lowest BCUT2D eigenvalue weighted by Gasteiger charge is -2.15. The van der Waals surface area contributed by atoms with E-state index in [-0.39, 0.29) is 24.4 Å². The summed E-state index contributed by atoms with van der Waals surface area (Å²) in [6, 6.07) is 4.32. The van der Waals surface area contributed by atoms with E-state index in [1.165, 1.54) is 32.4 Å². The SMILES string of the molecule is COc1cc(NCC(CC(=O)O)OC)ccc1[N+](=O)[O-]. The molecule has 1 atom stereocenters. The van der Waals surface area contributed by atoms with Crippen molar-refractivity contribution in [1.29, 1.82) is 0 Å². The van der Waals surface area contributed by atoms with Gasteiger partial charge >= 0.3 is 11.7 Å². The summed E-state index contributed by atoms with van der Waals surface area (Å²) in [7, 11) is 2.76. The molecule has 0 saturated heterocycles. The molecule has 0 fully saturated rings. The van der Waals surface area contributed by atoms with E-state index in [4.69, 9.17) is 14.6 Å². The average molecular weight is 284 g/mol.